The molecule has 2 aliphatic rings. The van der Waals surface area contributed by atoms with E-state index in [1.165, 1.54) is 64.2 Å². The van der Waals surface area contributed by atoms with Gasteiger partial charge in [-0.05, 0) is 45.7 Å². The van der Waals surface area contributed by atoms with Crippen molar-refractivity contribution in [3.63, 3.8) is 0 Å². The molecule has 0 radical (unpaired) electrons. The molecule has 0 aliphatic heterocycles. The molecule has 2 nitrogen and oxygen atoms in total. The molecule has 0 aromatic carbocycles. The number of aliphatic hydroxyl groups is 1. The van der Waals surface area contributed by atoms with Crippen molar-refractivity contribution in [1.82, 2.24) is 4.90 Å². The summed E-state index contributed by atoms with van der Waals surface area (Å²) >= 11 is 0. The number of aliphatic hydroxyl groups excluding tert-OH is 1. The van der Waals surface area contributed by atoms with E-state index in [2.05, 4.69) is 19.0 Å². The molecular formula is C15H29NO. The van der Waals surface area contributed by atoms with Crippen LogP contribution in [0.4, 0.5) is 0 Å². The Morgan fingerprint density at radius 1 is 0.941 bits per heavy atom. The molecular weight excluding hydrogens is 210 g/mol. The Hall–Kier alpha value is -0.0800. The maximum absolute atomic E-state index is 10.9. The lowest BCUT2D eigenvalue weighted by Crippen LogP contribution is -2.57. The Labute approximate surface area is 106 Å². The summed E-state index contributed by atoms with van der Waals surface area (Å²) in [7, 11) is 4.33. The molecule has 2 saturated carbocycles. The second-order valence-corrected chi connectivity index (χ2v) is 6.40. The third kappa shape index (κ3) is 2.68. The van der Waals surface area contributed by atoms with E-state index in [0.717, 1.165) is 0 Å². The molecule has 1 atom stereocenters. The zero-order valence-electron chi connectivity index (χ0n) is 11.6. The van der Waals surface area contributed by atoms with Crippen molar-refractivity contribution in [1.29, 1.82) is 0 Å². The maximum atomic E-state index is 10.9. The molecule has 2 aliphatic carbocycles. The molecule has 0 aromatic rings. The van der Waals surface area contributed by atoms with Crippen molar-refractivity contribution >= 4 is 0 Å². The fourth-order valence-corrected chi connectivity index (χ4v) is 4.06. The third-order valence-corrected chi connectivity index (χ3v) is 5.26. The summed E-state index contributed by atoms with van der Waals surface area (Å²) in [4.78, 5) is 2.32. The van der Waals surface area contributed by atoms with Gasteiger partial charge < -0.3 is 10.0 Å². The Morgan fingerprint density at radius 3 is 2.00 bits per heavy atom. The molecule has 2 rings (SSSR count). The van der Waals surface area contributed by atoms with Gasteiger partial charge in [-0.25, -0.2) is 0 Å². The first-order chi connectivity index (χ1) is 8.17. The lowest BCUT2D eigenvalue weighted by Gasteiger charge is -2.49. The van der Waals surface area contributed by atoms with Crippen molar-refractivity contribution in [2.24, 2.45) is 5.92 Å². The van der Waals surface area contributed by atoms with Gasteiger partial charge in [0.2, 0.25) is 0 Å². The lowest BCUT2D eigenvalue weighted by atomic mass is 9.69. The van der Waals surface area contributed by atoms with Gasteiger partial charge in [-0.2, -0.15) is 0 Å². The van der Waals surface area contributed by atoms with Gasteiger partial charge in [0.05, 0.1) is 6.10 Å². The van der Waals surface area contributed by atoms with Crippen LogP contribution in [0.1, 0.15) is 64.2 Å². The van der Waals surface area contributed by atoms with Gasteiger partial charge in [0.1, 0.15) is 0 Å². The molecule has 1 unspecified atom stereocenters. The van der Waals surface area contributed by atoms with Crippen LogP contribution in [0.5, 0.6) is 0 Å². The largest absolute Gasteiger partial charge is 0.391 e. The average Bonchev–Trinajstić information content (AvgIpc) is 2.39. The van der Waals surface area contributed by atoms with Gasteiger partial charge in [0.15, 0.2) is 0 Å². The van der Waals surface area contributed by atoms with Crippen LogP contribution in [-0.2, 0) is 0 Å². The molecule has 0 bridgehead atoms. The molecule has 0 spiro atoms. The fraction of sp³-hybridized carbons (Fsp3) is 1.00. The predicted molar refractivity (Wildman–Crippen MR) is 72.1 cm³/mol. The molecule has 2 fully saturated rings. The quantitative estimate of drug-likeness (QED) is 0.817. The first kappa shape index (κ1) is 13.4. The van der Waals surface area contributed by atoms with E-state index in [0.29, 0.717) is 5.92 Å². The number of likely N-dealkylation sites (N-methyl/N-ethyl adjacent to an activating group) is 1. The lowest BCUT2D eigenvalue weighted by molar-refractivity contribution is -0.0695. The van der Waals surface area contributed by atoms with Gasteiger partial charge in [-0.1, -0.05) is 38.5 Å². The summed E-state index contributed by atoms with van der Waals surface area (Å²) in [5.41, 5.74) is 0.0836. The minimum Gasteiger partial charge on any atom is -0.391 e. The fourth-order valence-electron chi connectivity index (χ4n) is 4.06. The summed E-state index contributed by atoms with van der Waals surface area (Å²) in [6, 6.07) is 0. The second kappa shape index (κ2) is 5.71. The van der Waals surface area contributed by atoms with Crippen molar-refractivity contribution in [2.45, 2.75) is 75.9 Å². The van der Waals surface area contributed by atoms with E-state index in [1.807, 2.05) is 0 Å². The highest BCUT2D eigenvalue weighted by atomic mass is 16.3. The zero-order chi connectivity index (χ0) is 12.3. The van der Waals surface area contributed by atoms with E-state index in [1.54, 1.807) is 0 Å². The van der Waals surface area contributed by atoms with Crippen molar-refractivity contribution < 1.29 is 5.11 Å². The van der Waals surface area contributed by atoms with Crippen LogP contribution in [0.25, 0.3) is 0 Å². The Kier molecular flexibility index (Phi) is 4.48. The van der Waals surface area contributed by atoms with Crippen LogP contribution in [0, 0.1) is 5.92 Å². The SMILES string of the molecule is CN(C)C1(C(O)C2CCCCC2)CCCCC1. The van der Waals surface area contributed by atoms with Crippen molar-refractivity contribution in [3.05, 3.63) is 0 Å². The highest BCUT2D eigenvalue weighted by molar-refractivity contribution is 4.99. The molecule has 1 N–H and O–H groups in total. The van der Waals surface area contributed by atoms with Crippen LogP contribution in [0.15, 0.2) is 0 Å². The molecule has 0 amide bonds. The van der Waals surface area contributed by atoms with E-state index in [4.69, 9.17) is 0 Å². The zero-order valence-corrected chi connectivity index (χ0v) is 11.6. The van der Waals surface area contributed by atoms with Gasteiger partial charge in [-0.15, -0.1) is 0 Å². The average molecular weight is 239 g/mol. The first-order valence-corrected chi connectivity index (χ1v) is 7.52. The number of rotatable bonds is 3. The molecule has 0 aromatic heterocycles. The highest BCUT2D eigenvalue weighted by Crippen LogP contribution is 2.41. The summed E-state index contributed by atoms with van der Waals surface area (Å²) in [5.74, 6) is 0.559. The van der Waals surface area contributed by atoms with E-state index in [-0.39, 0.29) is 11.6 Å². The van der Waals surface area contributed by atoms with Gasteiger partial charge in [-0.3, -0.25) is 0 Å². The van der Waals surface area contributed by atoms with Crippen molar-refractivity contribution in [2.75, 3.05) is 14.1 Å². The molecule has 100 valence electrons. The third-order valence-electron chi connectivity index (χ3n) is 5.26. The van der Waals surface area contributed by atoms with Gasteiger partial charge >= 0.3 is 0 Å². The van der Waals surface area contributed by atoms with Crippen LogP contribution in [0.2, 0.25) is 0 Å². The maximum Gasteiger partial charge on any atom is 0.0751 e. The smallest absolute Gasteiger partial charge is 0.0751 e. The standard InChI is InChI=1S/C15H29NO/c1-16(2)15(11-7-4-8-12-15)14(17)13-9-5-3-6-10-13/h13-14,17H,3-12H2,1-2H3. The van der Waals surface area contributed by atoms with Crippen molar-refractivity contribution in [3.8, 4) is 0 Å². The summed E-state index contributed by atoms with van der Waals surface area (Å²) in [6.45, 7) is 0. The minimum atomic E-state index is -0.0990. The van der Waals surface area contributed by atoms with E-state index in [9.17, 15) is 5.11 Å². The molecule has 0 heterocycles. The van der Waals surface area contributed by atoms with Crippen LogP contribution in [0.3, 0.4) is 0 Å². The monoisotopic (exact) mass is 239 g/mol. The van der Waals surface area contributed by atoms with Gasteiger partial charge in [0, 0.05) is 5.54 Å². The minimum absolute atomic E-state index is 0.0836. The van der Waals surface area contributed by atoms with Crippen LogP contribution >= 0.6 is 0 Å². The summed E-state index contributed by atoms with van der Waals surface area (Å²) < 4.78 is 0. The first-order valence-electron chi connectivity index (χ1n) is 7.52. The predicted octanol–water partition coefficient (Wildman–Crippen LogP) is 3.19. The Balaban J connectivity index is 2.08. The van der Waals surface area contributed by atoms with E-state index >= 15 is 0 Å². The summed E-state index contributed by atoms with van der Waals surface area (Å²) in [5, 5.41) is 10.9. The van der Waals surface area contributed by atoms with Crippen LogP contribution in [-0.4, -0.2) is 35.7 Å². The molecule has 17 heavy (non-hydrogen) atoms. The normalized spacial score (nSPS) is 28.2. The Morgan fingerprint density at radius 2 is 1.47 bits per heavy atom. The number of nitrogens with zero attached hydrogens (tertiary/aromatic N) is 1. The second-order valence-electron chi connectivity index (χ2n) is 6.40. The Bertz CT molecular complexity index is 227. The highest BCUT2D eigenvalue weighted by Gasteiger charge is 2.44. The topological polar surface area (TPSA) is 23.5 Å². The van der Waals surface area contributed by atoms with Crippen LogP contribution < -0.4 is 0 Å². The van der Waals surface area contributed by atoms with E-state index < -0.39 is 0 Å². The number of hydrogen-bond donors (Lipinski definition) is 1. The summed E-state index contributed by atoms with van der Waals surface area (Å²) in [6.07, 6.45) is 12.7. The number of hydrogen-bond acceptors (Lipinski definition) is 2. The molecule has 2 heteroatoms. The van der Waals surface area contributed by atoms with Gasteiger partial charge in [0.25, 0.3) is 0 Å². The molecule has 0 saturated heterocycles.